The lowest BCUT2D eigenvalue weighted by atomic mass is 10.1. The highest BCUT2D eigenvalue weighted by Gasteiger charge is 2.58. The maximum Gasteiger partial charge on any atom is 0.249 e. The van der Waals surface area contributed by atoms with Crippen LogP contribution in [0.15, 0.2) is 12.7 Å². The van der Waals surface area contributed by atoms with Crippen molar-refractivity contribution >= 4 is 28.8 Å². The van der Waals surface area contributed by atoms with Crippen LogP contribution in [0.3, 0.4) is 0 Å². The summed E-state index contributed by atoms with van der Waals surface area (Å²) >= 11 is 0. The number of carbonyl (C=O) groups excluding carboxylic acids is 2. The number of aliphatic hydroxyl groups excluding tert-OH is 1. The van der Waals surface area contributed by atoms with Gasteiger partial charge in [0.15, 0.2) is 35.1 Å². The molecule has 2 saturated heterocycles. The number of nitrogens with two attached hydrogens (primary N) is 1. The fraction of sp³-hybridized carbons (Fsp3) is 0.611. The Labute approximate surface area is 171 Å². The molecule has 12 nitrogen and oxygen atoms in total. The van der Waals surface area contributed by atoms with Crippen molar-refractivity contribution in [2.24, 2.45) is 5.73 Å². The van der Waals surface area contributed by atoms with Crippen molar-refractivity contribution < 1.29 is 28.9 Å². The van der Waals surface area contributed by atoms with Gasteiger partial charge in [0, 0.05) is 6.42 Å². The molecule has 4 N–H and O–H groups in total. The highest BCUT2D eigenvalue weighted by molar-refractivity contribution is 5.96. The number of rotatable bonds is 6. The molecule has 0 saturated carbocycles. The molecule has 30 heavy (non-hydrogen) atoms. The second-order valence-corrected chi connectivity index (χ2v) is 7.75. The molecule has 0 spiro atoms. The number of aliphatic hydroxyl groups is 1. The number of nitrogens with one attached hydrogen (secondary N) is 1. The van der Waals surface area contributed by atoms with Gasteiger partial charge in [0.1, 0.15) is 24.6 Å². The fourth-order valence-corrected chi connectivity index (χ4v) is 3.80. The molecule has 0 aromatic carbocycles. The zero-order valence-corrected chi connectivity index (χ0v) is 16.8. The maximum atomic E-state index is 12.0. The largest absolute Gasteiger partial charge is 0.380 e. The van der Waals surface area contributed by atoms with Gasteiger partial charge < -0.3 is 30.4 Å². The van der Waals surface area contributed by atoms with Gasteiger partial charge >= 0.3 is 0 Å². The van der Waals surface area contributed by atoms with Gasteiger partial charge in [-0.05, 0) is 20.3 Å². The molecule has 12 heteroatoms. The molecular formula is C18H24N6O6. The summed E-state index contributed by atoms with van der Waals surface area (Å²) in [6, 6.07) is 0. The predicted octanol–water partition coefficient (Wildman–Crippen LogP) is -0.171. The first-order chi connectivity index (χ1) is 14.2. The Kier molecular flexibility index (Phi) is 5.18. The number of nitrogens with zero attached hydrogens (tertiary/aromatic N) is 4. The van der Waals surface area contributed by atoms with Crippen LogP contribution in [0.25, 0.3) is 11.2 Å². The smallest absolute Gasteiger partial charge is 0.249 e. The summed E-state index contributed by atoms with van der Waals surface area (Å²) in [5.74, 6) is -1.77. The summed E-state index contributed by atoms with van der Waals surface area (Å²) in [5, 5.41) is 13.0. The number of fused-ring (bicyclic) bond motifs is 2. The summed E-state index contributed by atoms with van der Waals surface area (Å²) in [7, 11) is 0. The van der Waals surface area contributed by atoms with Crippen molar-refractivity contribution in [2.45, 2.75) is 70.0 Å². The Bertz CT molecular complexity index is 977. The minimum atomic E-state index is -1.58. The zero-order valence-electron chi connectivity index (χ0n) is 16.8. The average Bonchev–Trinajstić information content (AvgIpc) is 3.32. The maximum absolute atomic E-state index is 12.0. The van der Waals surface area contributed by atoms with Crippen LogP contribution in [0.1, 0.15) is 39.8 Å². The van der Waals surface area contributed by atoms with E-state index in [0.29, 0.717) is 24.0 Å². The third kappa shape index (κ3) is 3.51. The van der Waals surface area contributed by atoms with E-state index in [1.165, 1.54) is 12.7 Å². The molecule has 0 aliphatic carbocycles. The van der Waals surface area contributed by atoms with Gasteiger partial charge in [-0.1, -0.05) is 6.92 Å². The highest BCUT2D eigenvalue weighted by Crippen LogP contribution is 2.44. The second kappa shape index (κ2) is 7.54. The van der Waals surface area contributed by atoms with E-state index in [2.05, 4.69) is 20.3 Å². The van der Waals surface area contributed by atoms with Crippen molar-refractivity contribution in [2.75, 3.05) is 5.32 Å². The zero-order chi connectivity index (χ0) is 21.6. The van der Waals surface area contributed by atoms with E-state index in [1.807, 2.05) is 6.92 Å². The summed E-state index contributed by atoms with van der Waals surface area (Å²) < 4.78 is 19.4. The monoisotopic (exact) mass is 420 g/mol. The van der Waals surface area contributed by atoms with Gasteiger partial charge in [0.05, 0.1) is 6.33 Å². The molecule has 2 aromatic heterocycles. The first kappa shape index (κ1) is 20.6. The number of imidazole rings is 1. The molecule has 2 amide bonds. The lowest BCUT2D eigenvalue weighted by Crippen LogP contribution is -2.45. The standard InChI is InChI=1S/C18H24N6O6/c1-4-5-8(25)23-15-9-16(21-6-20-15)24(7-22-9)17-13-12(29-18(2,3)30-13)11(28-17)10(26)14(19)27/h6-7,10-13,17,26H,4-5H2,1-3H3,(H2,19,27)(H,20,21,23,25)/t10-,11+,12+,13+,17+/m0/s1. The van der Waals surface area contributed by atoms with Crippen molar-refractivity contribution in [3.63, 3.8) is 0 Å². The normalized spacial score (nSPS) is 28.4. The van der Waals surface area contributed by atoms with Gasteiger partial charge in [0.25, 0.3) is 0 Å². The topological polar surface area (TPSA) is 164 Å². The number of primary amides is 1. The van der Waals surface area contributed by atoms with Gasteiger partial charge in [-0.2, -0.15) is 0 Å². The highest BCUT2D eigenvalue weighted by atomic mass is 16.8. The summed E-state index contributed by atoms with van der Waals surface area (Å²) in [5.41, 5.74) is 6.03. The summed E-state index contributed by atoms with van der Waals surface area (Å²) in [4.78, 5) is 36.2. The SMILES string of the molecule is CCCC(=O)Nc1ncnc2c1ncn2[C@@H]1O[C@H]([C@H](O)C(N)=O)[C@H]2OC(C)(C)O[C@H]21. The molecule has 0 unspecified atom stereocenters. The van der Waals surface area contributed by atoms with E-state index < -0.39 is 42.3 Å². The predicted molar refractivity (Wildman–Crippen MR) is 102 cm³/mol. The van der Waals surface area contributed by atoms with E-state index in [-0.39, 0.29) is 11.7 Å². The molecule has 162 valence electrons. The van der Waals surface area contributed by atoms with Crippen LogP contribution in [0.5, 0.6) is 0 Å². The number of aromatic nitrogens is 4. The number of anilines is 1. The molecule has 2 fully saturated rings. The molecular weight excluding hydrogens is 396 g/mol. The lowest BCUT2D eigenvalue weighted by Gasteiger charge is -2.25. The number of hydrogen-bond acceptors (Lipinski definition) is 9. The summed E-state index contributed by atoms with van der Waals surface area (Å²) in [6.45, 7) is 5.36. The first-order valence-corrected chi connectivity index (χ1v) is 9.67. The molecule has 0 bridgehead atoms. The van der Waals surface area contributed by atoms with E-state index in [0.717, 1.165) is 0 Å². The van der Waals surface area contributed by atoms with E-state index in [9.17, 15) is 14.7 Å². The number of hydrogen-bond donors (Lipinski definition) is 3. The Hall–Kier alpha value is -2.67. The average molecular weight is 420 g/mol. The van der Waals surface area contributed by atoms with Crippen molar-refractivity contribution in [3.8, 4) is 0 Å². The Morgan fingerprint density at radius 2 is 2.03 bits per heavy atom. The minimum absolute atomic E-state index is 0.178. The number of carbonyl (C=O) groups is 2. The molecule has 2 aliphatic rings. The van der Waals surface area contributed by atoms with Crippen LogP contribution in [0.2, 0.25) is 0 Å². The van der Waals surface area contributed by atoms with E-state index >= 15 is 0 Å². The van der Waals surface area contributed by atoms with Gasteiger partial charge in [-0.3, -0.25) is 14.2 Å². The number of ether oxygens (including phenoxy) is 3. The molecule has 2 aliphatic heterocycles. The third-order valence-corrected chi connectivity index (χ3v) is 5.04. The van der Waals surface area contributed by atoms with Crippen LogP contribution in [0.4, 0.5) is 5.82 Å². The van der Waals surface area contributed by atoms with Crippen LogP contribution in [-0.4, -0.2) is 66.6 Å². The van der Waals surface area contributed by atoms with Gasteiger partial charge in [0.2, 0.25) is 11.8 Å². The Morgan fingerprint density at radius 3 is 2.73 bits per heavy atom. The Morgan fingerprint density at radius 1 is 1.30 bits per heavy atom. The van der Waals surface area contributed by atoms with Crippen LogP contribution in [0, 0.1) is 0 Å². The third-order valence-electron chi connectivity index (χ3n) is 5.04. The van der Waals surface area contributed by atoms with Gasteiger partial charge in [-0.25, -0.2) is 15.0 Å². The van der Waals surface area contributed by atoms with Crippen LogP contribution >= 0.6 is 0 Å². The molecule has 5 atom stereocenters. The number of amides is 2. The Balaban J connectivity index is 1.69. The molecule has 0 radical (unpaired) electrons. The van der Waals surface area contributed by atoms with E-state index in [1.54, 1.807) is 18.4 Å². The van der Waals surface area contributed by atoms with E-state index in [4.69, 9.17) is 19.9 Å². The second-order valence-electron chi connectivity index (χ2n) is 7.75. The molecule has 2 aromatic rings. The first-order valence-electron chi connectivity index (χ1n) is 9.67. The van der Waals surface area contributed by atoms with Crippen molar-refractivity contribution in [3.05, 3.63) is 12.7 Å². The minimum Gasteiger partial charge on any atom is -0.380 e. The van der Waals surface area contributed by atoms with Crippen LogP contribution < -0.4 is 11.1 Å². The fourth-order valence-electron chi connectivity index (χ4n) is 3.80. The quantitative estimate of drug-likeness (QED) is 0.575. The van der Waals surface area contributed by atoms with Crippen LogP contribution in [-0.2, 0) is 23.8 Å². The molecule has 4 heterocycles. The van der Waals surface area contributed by atoms with Crippen molar-refractivity contribution in [1.29, 1.82) is 0 Å². The lowest BCUT2D eigenvalue weighted by molar-refractivity contribution is -0.207. The molecule has 4 rings (SSSR count). The van der Waals surface area contributed by atoms with Crippen molar-refractivity contribution in [1.82, 2.24) is 19.5 Å². The van der Waals surface area contributed by atoms with Gasteiger partial charge in [-0.15, -0.1) is 0 Å². The summed E-state index contributed by atoms with van der Waals surface area (Å²) in [6.07, 6.45) is -0.936.